The van der Waals surface area contributed by atoms with Gasteiger partial charge >= 0.3 is 0 Å². The lowest BCUT2D eigenvalue weighted by molar-refractivity contribution is -0.116. The number of carbonyl (C=O) groups is 3. The van der Waals surface area contributed by atoms with Crippen molar-refractivity contribution < 1.29 is 14.4 Å². The van der Waals surface area contributed by atoms with E-state index < -0.39 is 17.7 Å². The second kappa shape index (κ2) is 4.86. The van der Waals surface area contributed by atoms with E-state index >= 15 is 0 Å². The van der Waals surface area contributed by atoms with E-state index in [2.05, 4.69) is 15.5 Å². The van der Waals surface area contributed by atoms with Crippen molar-refractivity contribution in [2.45, 2.75) is 6.92 Å². The van der Waals surface area contributed by atoms with Crippen molar-refractivity contribution in [2.24, 2.45) is 0 Å². The summed E-state index contributed by atoms with van der Waals surface area (Å²) in [4.78, 5) is 37.0. The van der Waals surface area contributed by atoms with Crippen LogP contribution in [0.15, 0.2) is 30.3 Å². The second-order valence-corrected chi connectivity index (χ2v) is 4.73. The molecule has 7 nitrogen and oxygen atoms in total. The molecule has 3 rings (SSSR count). The van der Waals surface area contributed by atoms with Crippen molar-refractivity contribution in [3.63, 3.8) is 0 Å². The molecule has 0 saturated carbocycles. The van der Waals surface area contributed by atoms with Crippen LogP contribution in [0, 0.1) is 6.92 Å². The van der Waals surface area contributed by atoms with Crippen LogP contribution in [-0.2, 0) is 4.79 Å². The molecule has 7 heteroatoms. The van der Waals surface area contributed by atoms with Gasteiger partial charge in [0.05, 0.1) is 11.1 Å². The number of benzene rings is 1. The predicted molar refractivity (Wildman–Crippen MR) is 73.8 cm³/mol. The van der Waals surface area contributed by atoms with Gasteiger partial charge < -0.3 is 5.32 Å². The molecular formula is C14H12N4O3. The minimum Gasteiger partial charge on any atom is -0.308 e. The average molecular weight is 284 g/mol. The van der Waals surface area contributed by atoms with E-state index in [1.165, 1.54) is 0 Å². The van der Waals surface area contributed by atoms with Gasteiger partial charge in [0, 0.05) is 11.8 Å². The first-order valence-corrected chi connectivity index (χ1v) is 6.33. The summed E-state index contributed by atoms with van der Waals surface area (Å²) in [6.07, 6.45) is 0. The molecule has 21 heavy (non-hydrogen) atoms. The molecule has 0 saturated heterocycles. The normalized spacial score (nSPS) is 13.5. The third-order valence-corrected chi connectivity index (χ3v) is 3.15. The summed E-state index contributed by atoms with van der Waals surface area (Å²) >= 11 is 0. The number of fused-ring (bicyclic) bond motifs is 1. The van der Waals surface area contributed by atoms with E-state index in [9.17, 15) is 14.4 Å². The number of nitrogens with zero attached hydrogens (tertiary/aromatic N) is 2. The van der Waals surface area contributed by atoms with Crippen LogP contribution in [0.1, 0.15) is 26.4 Å². The molecule has 1 aliphatic heterocycles. The maximum Gasteiger partial charge on any atom is 0.262 e. The summed E-state index contributed by atoms with van der Waals surface area (Å²) in [6.45, 7) is 1.46. The highest BCUT2D eigenvalue weighted by Gasteiger charge is 2.36. The van der Waals surface area contributed by atoms with Gasteiger partial charge in [-0.2, -0.15) is 5.10 Å². The van der Waals surface area contributed by atoms with Crippen LogP contribution in [0.2, 0.25) is 0 Å². The molecule has 3 amide bonds. The fraction of sp³-hybridized carbons (Fsp3) is 0.143. The highest BCUT2D eigenvalue weighted by Crippen LogP contribution is 2.22. The van der Waals surface area contributed by atoms with Gasteiger partial charge in [0.1, 0.15) is 6.54 Å². The summed E-state index contributed by atoms with van der Waals surface area (Å²) in [6, 6.07) is 8.16. The molecule has 1 aromatic carbocycles. The maximum absolute atomic E-state index is 12.1. The van der Waals surface area contributed by atoms with E-state index in [0.29, 0.717) is 16.9 Å². The van der Waals surface area contributed by atoms with Gasteiger partial charge in [-0.1, -0.05) is 12.1 Å². The average Bonchev–Trinajstić information content (AvgIpc) is 2.97. The summed E-state index contributed by atoms with van der Waals surface area (Å²) in [5.41, 5.74) is 1.45. The summed E-state index contributed by atoms with van der Waals surface area (Å²) < 4.78 is 0. The Labute approximate surface area is 119 Å². The molecule has 0 fully saturated rings. The van der Waals surface area contributed by atoms with Crippen LogP contribution in [0.5, 0.6) is 0 Å². The van der Waals surface area contributed by atoms with E-state index in [4.69, 9.17) is 0 Å². The Balaban J connectivity index is 1.73. The largest absolute Gasteiger partial charge is 0.308 e. The topological polar surface area (TPSA) is 95.2 Å². The minimum atomic E-state index is -0.476. The number of hydrogen-bond donors (Lipinski definition) is 2. The maximum atomic E-state index is 12.1. The van der Waals surface area contributed by atoms with Crippen LogP contribution in [-0.4, -0.2) is 39.4 Å². The number of H-pyrrole nitrogens is 1. The van der Waals surface area contributed by atoms with Gasteiger partial charge in [0.15, 0.2) is 5.82 Å². The molecule has 106 valence electrons. The molecule has 0 radical (unpaired) electrons. The van der Waals surface area contributed by atoms with Crippen LogP contribution < -0.4 is 5.32 Å². The minimum absolute atomic E-state index is 0.325. The number of aryl methyl sites for hydroxylation is 1. The number of rotatable bonds is 3. The number of anilines is 1. The zero-order valence-electron chi connectivity index (χ0n) is 11.2. The zero-order chi connectivity index (χ0) is 15.0. The first kappa shape index (κ1) is 13.0. The number of nitrogens with one attached hydrogen (secondary N) is 2. The Hall–Kier alpha value is -2.96. The Bertz CT molecular complexity index is 715. The Kier molecular flexibility index (Phi) is 3.02. The first-order valence-electron chi connectivity index (χ1n) is 6.33. The lowest BCUT2D eigenvalue weighted by atomic mass is 10.1. The number of hydrogen-bond acceptors (Lipinski definition) is 4. The van der Waals surface area contributed by atoms with Crippen LogP contribution in [0.3, 0.4) is 0 Å². The number of aromatic amines is 1. The van der Waals surface area contributed by atoms with Crippen molar-refractivity contribution in [2.75, 3.05) is 11.9 Å². The van der Waals surface area contributed by atoms with Crippen LogP contribution in [0.25, 0.3) is 0 Å². The number of imide groups is 1. The monoisotopic (exact) mass is 284 g/mol. The molecule has 1 aliphatic rings. The van der Waals surface area contributed by atoms with Crippen molar-refractivity contribution >= 4 is 23.5 Å². The van der Waals surface area contributed by atoms with Gasteiger partial charge in [0.25, 0.3) is 11.8 Å². The molecule has 0 atom stereocenters. The second-order valence-electron chi connectivity index (χ2n) is 4.73. The summed E-state index contributed by atoms with van der Waals surface area (Å²) in [5, 5.41) is 9.08. The first-order chi connectivity index (χ1) is 10.1. The standard InChI is InChI=1S/C14H12N4O3/c1-8-6-11(17-16-8)15-12(19)7-18-13(20)9-4-2-3-5-10(9)14(18)21/h2-6H,7H2,1H3,(H2,15,16,17,19). The molecule has 2 heterocycles. The van der Waals surface area contributed by atoms with E-state index in [0.717, 1.165) is 10.6 Å². The molecule has 0 bridgehead atoms. The third kappa shape index (κ3) is 2.29. The SMILES string of the molecule is Cc1cc(NC(=O)CN2C(=O)c3ccccc3C2=O)n[nH]1. The van der Waals surface area contributed by atoms with Crippen molar-refractivity contribution in [3.05, 3.63) is 47.2 Å². The fourth-order valence-corrected chi connectivity index (χ4v) is 2.19. The Morgan fingerprint density at radius 3 is 2.38 bits per heavy atom. The lowest BCUT2D eigenvalue weighted by Crippen LogP contribution is -2.37. The van der Waals surface area contributed by atoms with Crippen molar-refractivity contribution in [1.29, 1.82) is 0 Å². The number of aromatic nitrogens is 2. The Morgan fingerprint density at radius 2 is 1.86 bits per heavy atom. The summed E-state index contributed by atoms with van der Waals surface area (Å²) in [7, 11) is 0. The van der Waals surface area contributed by atoms with Crippen LogP contribution >= 0.6 is 0 Å². The predicted octanol–water partition coefficient (Wildman–Crippen LogP) is 0.953. The highest BCUT2D eigenvalue weighted by molar-refractivity contribution is 6.22. The van der Waals surface area contributed by atoms with E-state index in [-0.39, 0.29) is 6.54 Å². The molecule has 0 aliphatic carbocycles. The van der Waals surface area contributed by atoms with Crippen molar-refractivity contribution in [3.8, 4) is 0 Å². The zero-order valence-corrected chi connectivity index (χ0v) is 11.2. The molecule has 0 spiro atoms. The quantitative estimate of drug-likeness (QED) is 0.820. The number of carbonyl (C=O) groups excluding carboxylic acids is 3. The Morgan fingerprint density at radius 1 is 1.24 bits per heavy atom. The van der Waals surface area contributed by atoms with Gasteiger partial charge in [-0.3, -0.25) is 24.4 Å². The molecule has 1 aromatic heterocycles. The third-order valence-electron chi connectivity index (χ3n) is 3.15. The molecule has 2 aromatic rings. The van der Waals surface area contributed by atoms with E-state index in [1.54, 1.807) is 37.3 Å². The lowest BCUT2D eigenvalue weighted by Gasteiger charge is -2.12. The molecule has 2 N–H and O–H groups in total. The number of amides is 3. The van der Waals surface area contributed by atoms with Crippen LogP contribution in [0.4, 0.5) is 5.82 Å². The van der Waals surface area contributed by atoms with Crippen molar-refractivity contribution in [1.82, 2.24) is 15.1 Å². The van der Waals surface area contributed by atoms with E-state index in [1.807, 2.05) is 0 Å². The van der Waals surface area contributed by atoms with Gasteiger partial charge in [-0.25, -0.2) is 0 Å². The molecular weight excluding hydrogens is 272 g/mol. The fourth-order valence-electron chi connectivity index (χ4n) is 2.19. The van der Waals surface area contributed by atoms with Gasteiger partial charge in [-0.05, 0) is 19.1 Å². The highest BCUT2D eigenvalue weighted by atomic mass is 16.2. The van der Waals surface area contributed by atoms with Gasteiger partial charge in [-0.15, -0.1) is 0 Å². The van der Waals surface area contributed by atoms with Gasteiger partial charge in [0.2, 0.25) is 5.91 Å². The smallest absolute Gasteiger partial charge is 0.262 e. The molecule has 0 unspecified atom stereocenters. The summed E-state index contributed by atoms with van der Waals surface area (Å²) in [5.74, 6) is -1.03.